The normalized spacial score (nSPS) is 12.3. The molecule has 0 aliphatic heterocycles. The van der Waals surface area contributed by atoms with Gasteiger partial charge in [0.1, 0.15) is 0 Å². The molecule has 1 N–H and O–H groups in total. The molecule has 1 aliphatic carbocycles. The highest BCUT2D eigenvalue weighted by Gasteiger charge is 2.32. The first kappa shape index (κ1) is 16.2. The third-order valence-corrected chi connectivity index (χ3v) is 4.71. The van der Waals surface area contributed by atoms with Crippen LogP contribution in [0.3, 0.4) is 0 Å². The van der Waals surface area contributed by atoms with Gasteiger partial charge >= 0.3 is 0 Å². The fourth-order valence-electron chi connectivity index (χ4n) is 3.03. The summed E-state index contributed by atoms with van der Waals surface area (Å²) in [4.78, 5) is 37.9. The number of anilines is 1. The third kappa shape index (κ3) is 2.52. The molecule has 0 saturated heterocycles. The summed E-state index contributed by atoms with van der Waals surface area (Å²) in [5.74, 6) is -0.920. The number of carbonyl (C=O) groups excluding carboxylic acids is 3. The van der Waals surface area contributed by atoms with Gasteiger partial charge in [-0.15, -0.1) is 0 Å². The average Bonchev–Trinajstić information content (AvgIpc) is 2.68. The zero-order valence-corrected chi connectivity index (χ0v) is 14.2. The van der Waals surface area contributed by atoms with Gasteiger partial charge in [-0.1, -0.05) is 54.1 Å². The second-order valence-corrected chi connectivity index (χ2v) is 6.25. The molecule has 1 amide bonds. The molecule has 0 spiro atoms. The Kier molecular flexibility index (Phi) is 3.90. The SMILES string of the molecule is O=C(Nc1ccc2c(c1Cl)C(=O)c1ccccc1C2=O)c1ccccc1. The van der Waals surface area contributed by atoms with Crippen LogP contribution in [0.25, 0.3) is 0 Å². The lowest BCUT2D eigenvalue weighted by Crippen LogP contribution is -2.22. The number of nitrogens with one attached hydrogen (secondary N) is 1. The van der Waals surface area contributed by atoms with Gasteiger partial charge in [-0.05, 0) is 24.3 Å². The molecule has 4 rings (SSSR count). The monoisotopic (exact) mass is 361 g/mol. The van der Waals surface area contributed by atoms with E-state index in [1.165, 1.54) is 6.07 Å². The highest BCUT2D eigenvalue weighted by molar-refractivity contribution is 6.41. The highest BCUT2D eigenvalue weighted by atomic mass is 35.5. The molecule has 1 aliphatic rings. The van der Waals surface area contributed by atoms with Gasteiger partial charge in [0.2, 0.25) is 0 Å². The first-order valence-electron chi connectivity index (χ1n) is 7.95. The quantitative estimate of drug-likeness (QED) is 0.576. The van der Waals surface area contributed by atoms with Crippen molar-refractivity contribution in [2.45, 2.75) is 0 Å². The molecule has 0 atom stereocenters. The molecule has 5 heteroatoms. The first-order valence-corrected chi connectivity index (χ1v) is 8.33. The molecule has 0 saturated carbocycles. The van der Waals surface area contributed by atoms with Crippen molar-refractivity contribution >= 4 is 34.8 Å². The van der Waals surface area contributed by atoms with E-state index in [9.17, 15) is 14.4 Å². The number of fused-ring (bicyclic) bond motifs is 2. The number of amides is 1. The maximum atomic E-state index is 12.8. The molecule has 0 fully saturated rings. The van der Waals surface area contributed by atoms with Crippen molar-refractivity contribution in [1.82, 2.24) is 0 Å². The van der Waals surface area contributed by atoms with Crippen LogP contribution in [0.5, 0.6) is 0 Å². The molecule has 0 unspecified atom stereocenters. The molecule has 3 aromatic carbocycles. The van der Waals surface area contributed by atoms with Gasteiger partial charge in [0, 0.05) is 22.3 Å². The molecule has 0 bridgehead atoms. The van der Waals surface area contributed by atoms with Gasteiger partial charge < -0.3 is 5.32 Å². The molecular weight excluding hydrogens is 350 g/mol. The number of benzene rings is 3. The van der Waals surface area contributed by atoms with Gasteiger partial charge in [-0.3, -0.25) is 14.4 Å². The van der Waals surface area contributed by atoms with Crippen LogP contribution in [0.4, 0.5) is 5.69 Å². The topological polar surface area (TPSA) is 63.2 Å². The standard InChI is InChI=1S/C21H12ClNO3/c22-18-16(23-21(26)12-6-2-1-3-7-12)11-10-15-17(18)20(25)14-9-5-4-8-13(14)19(15)24/h1-11H,(H,23,26). The summed E-state index contributed by atoms with van der Waals surface area (Å²) >= 11 is 6.40. The molecule has 126 valence electrons. The van der Waals surface area contributed by atoms with Crippen LogP contribution < -0.4 is 5.32 Å². The van der Waals surface area contributed by atoms with Crippen LogP contribution in [0.1, 0.15) is 42.2 Å². The van der Waals surface area contributed by atoms with Crippen LogP contribution in [-0.4, -0.2) is 17.5 Å². The van der Waals surface area contributed by atoms with Crippen LogP contribution in [0.2, 0.25) is 5.02 Å². The fraction of sp³-hybridized carbons (Fsp3) is 0. The summed E-state index contributed by atoms with van der Waals surface area (Å²) < 4.78 is 0. The summed E-state index contributed by atoms with van der Waals surface area (Å²) in [7, 11) is 0. The van der Waals surface area contributed by atoms with E-state index in [1.54, 1.807) is 54.6 Å². The van der Waals surface area contributed by atoms with Gasteiger partial charge in [0.05, 0.1) is 16.3 Å². The van der Waals surface area contributed by atoms with E-state index in [2.05, 4.69) is 5.32 Å². The van der Waals surface area contributed by atoms with Crippen LogP contribution in [0, 0.1) is 0 Å². The number of hydrogen-bond donors (Lipinski definition) is 1. The van der Waals surface area contributed by atoms with Crippen LogP contribution in [0.15, 0.2) is 66.7 Å². The Bertz CT molecular complexity index is 1070. The predicted octanol–water partition coefficient (Wildman–Crippen LogP) is 4.37. The van der Waals surface area contributed by atoms with E-state index in [1.807, 2.05) is 6.07 Å². The Morgan fingerprint density at radius 2 is 1.35 bits per heavy atom. The average molecular weight is 362 g/mol. The summed E-state index contributed by atoms with van der Waals surface area (Å²) in [6.45, 7) is 0. The van der Waals surface area contributed by atoms with Crippen molar-refractivity contribution in [2.24, 2.45) is 0 Å². The first-order chi connectivity index (χ1) is 12.6. The zero-order chi connectivity index (χ0) is 18.3. The van der Waals surface area contributed by atoms with Crippen molar-refractivity contribution in [3.8, 4) is 0 Å². The number of ketones is 2. The Morgan fingerprint density at radius 1 is 0.731 bits per heavy atom. The molecule has 0 heterocycles. The van der Waals surface area contributed by atoms with Crippen molar-refractivity contribution in [3.05, 3.63) is 99.6 Å². The van der Waals surface area contributed by atoms with E-state index in [4.69, 9.17) is 11.6 Å². The molecular formula is C21H12ClNO3. The largest absolute Gasteiger partial charge is 0.321 e. The Balaban J connectivity index is 1.77. The van der Waals surface area contributed by atoms with E-state index < -0.39 is 0 Å². The lowest BCUT2D eigenvalue weighted by molar-refractivity contribution is 0.0979. The highest BCUT2D eigenvalue weighted by Crippen LogP contribution is 2.36. The lowest BCUT2D eigenvalue weighted by atomic mass is 9.84. The van der Waals surface area contributed by atoms with Crippen molar-refractivity contribution < 1.29 is 14.4 Å². The van der Waals surface area contributed by atoms with Gasteiger partial charge in [-0.25, -0.2) is 0 Å². The number of rotatable bonds is 2. The van der Waals surface area contributed by atoms with E-state index in [0.717, 1.165) is 0 Å². The Labute approximate surface area is 154 Å². The van der Waals surface area contributed by atoms with Gasteiger partial charge in [0.25, 0.3) is 5.91 Å². The smallest absolute Gasteiger partial charge is 0.255 e. The summed E-state index contributed by atoms with van der Waals surface area (Å²) in [6, 6.07) is 18.4. The van der Waals surface area contributed by atoms with Gasteiger partial charge in [-0.2, -0.15) is 0 Å². The Morgan fingerprint density at radius 3 is 2.04 bits per heavy atom. The summed E-state index contributed by atoms with van der Waals surface area (Å²) in [5.41, 5.74) is 1.81. The predicted molar refractivity (Wildman–Crippen MR) is 99.2 cm³/mol. The van der Waals surface area contributed by atoms with Gasteiger partial charge in [0.15, 0.2) is 11.6 Å². The van der Waals surface area contributed by atoms with Crippen molar-refractivity contribution in [3.63, 3.8) is 0 Å². The van der Waals surface area contributed by atoms with E-state index in [0.29, 0.717) is 22.4 Å². The summed E-state index contributed by atoms with van der Waals surface area (Å²) in [5, 5.41) is 2.77. The number of hydrogen-bond acceptors (Lipinski definition) is 3. The molecule has 26 heavy (non-hydrogen) atoms. The van der Waals surface area contributed by atoms with Crippen molar-refractivity contribution in [2.75, 3.05) is 5.32 Å². The van der Waals surface area contributed by atoms with Crippen molar-refractivity contribution in [1.29, 1.82) is 0 Å². The van der Waals surface area contributed by atoms with Crippen LogP contribution >= 0.6 is 11.6 Å². The fourth-order valence-corrected chi connectivity index (χ4v) is 3.32. The molecule has 0 aromatic heterocycles. The maximum absolute atomic E-state index is 12.8. The third-order valence-electron chi connectivity index (χ3n) is 4.31. The maximum Gasteiger partial charge on any atom is 0.255 e. The minimum absolute atomic E-state index is 0.0691. The number of halogens is 1. The van der Waals surface area contributed by atoms with E-state index >= 15 is 0 Å². The Hall–Kier alpha value is -3.24. The number of carbonyl (C=O) groups is 3. The van der Waals surface area contributed by atoms with Crippen LogP contribution in [-0.2, 0) is 0 Å². The lowest BCUT2D eigenvalue weighted by Gasteiger charge is -2.20. The molecule has 3 aromatic rings. The summed E-state index contributed by atoms with van der Waals surface area (Å²) in [6.07, 6.45) is 0. The molecule has 4 nitrogen and oxygen atoms in total. The minimum atomic E-state index is -0.345. The zero-order valence-electron chi connectivity index (χ0n) is 13.5. The second-order valence-electron chi connectivity index (χ2n) is 5.87. The minimum Gasteiger partial charge on any atom is -0.321 e. The second kappa shape index (κ2) is 6.24. The van der Waals surface area contributed by atoms with E-state index in [-0.39, 0.29) is 33.6 Å². The molecule has 0 radical (unpaired) electrons.